The monoisotopic (exact) mass is 409 g/mol. The van der Waals surface area contributed by atoms with Gasteiger partial charge in [0.1, 0.15) is 5.82 Å². The molecule has 1 atom stereocenters. The molecule has 0 unspecified atom stereocenters. The van der Waals surface area contributed by atoms with Gasteiger partial charge in [0.2, 0.25) is 0 Å². The van der Waals surface area contributed by atoms with Crippen LogP contribution in [0.4, 0.5) is 4.39 Å². The SMILES string of the molecule is CCOC(=O)c1cc(C[C@H](C)OCc2ccccc2)n(-c2ccc(F)cc2C)c1C. The van der Waals surface area contributed by atoms with Crippen molar-refractivity contribution < 1.29 is 18.7 Å². The average molecular weight is 410 g/mol. The lowest BCUT2D eigenvalue weighted by molar-refractivity contribution is 0.0517. The maximum Gasteiger partial charge on any atom is 0.339 e. The molecule has 1 heterocycles. The highest BCUT2D eigenvalue weighted by Gasteiger charge is 2.22. The number of esters is 1. The van der Waals surface area contributed by atoms with E-state index in [1.54, 1.807) is 13.0 Å². The molecule has 3 rings (SSSR count). The smallest absolute Gasteiger partial charge is 0.339 e. The van der Waals surface area contributed by atoms with Crippen LogP contribution in [0.5, 0.6) is 0 Å². The van der Waals surface area contributed by atoms with Gasteiger partial charge >= 0.3 is 5.97 Å². The Kier molecular flexibility index (Phi) is 7.06. The summed E-state index contributed by atoms with van der Waals surface area (Å²) in [5.41, 5.74) is 4.96. The van der Waals surface area contributed by atoms with Crippen LogP contribution in [0.3, 0.4) is 0 Å². The number of carbonyl (C=O) groups excluding carboxylic acids is 1. The minimum Gasteiger partial charge on any atom is -0.462 e. The van der Waals surface area contributed by atoms with Gasteiger partial charge in [0, 0.05) is 23.5 Å². The molecule has 0 radical (unpaired) electrons. The summed E-state index contributed by atoms with van der Waals surface area (Å²) in [6, 6.07) is 16.5. The molecule has 5 heteroatoms. The van der Waals surface area contributed by atoms with Crippen molar-refractivity contribution in [1.82, 2.24) is 4.57 Å². The van der Waals surface area contributed by atoms with E-state index >= 15 is 0 Å². The Labute approximate surface area is 177 Å². The van der Waals surface area contributed by atoms with Crippen LogP contribution in [0.1, 0.15) is 46.7 Å². The minimum absolute atomic E-state index is 0.0749. The fourth-order valence-electron chi connectivity index (χ4n) is 3.61. The molecule has 1 aromatic heterocycles. The zero-order valence-electron chi connectivity index (χ0n) is 17.9. The molecule has 0 aliphatic heterocycles. The van der Waals surface area contributed by atoms with E-state index in [2.05, 4.69) is 0 Å². The summed E-state index contributed by atoms with van der Waals surface area (Å²) in [7, 11) is 0. The topological polar surface area (TPSA) is 40.5 Å². The highest BCUT2D eigenvalue weighted by molar-refractivity contribution is 5.91. The molecular formula is C25H28FNO3. The summed E-state index contributed by atoms with van der Waals surface area (Å²) in [5.74, 6) is -0.639. The Morgan fingerprint density at radius 1 is 1.10 bits per heavy atom. The van der Waals surface area contributed by atoms with Crippen LogP contribution in [-0.4, -0.2) is 23.2 Å². The Balaban J connectivity index is 1.91. The second-order valence-electron chi connectivity index (χ2n) is 7.43. The molecule has 0 aliphatic carbocycles. The molecule has 3 aromatic rings. The summed E-state index contributed by atoms with van der Waals surface area (Å²) < 4.78 is 26.9. The minimum atomic E-state index is -0.354. The molecule has 4 nitrogen and oxygen atoms in total. The lowest BCUT2D eigenvalue weighted by atomic mass is 10.1. The maximum atomic E-state index is 13.7. The van der Waals surface area contributed by atoms with Crippen LogP contribution in [0, 0.1) is 19.7 Å². The molecular weight excluding hydrogens is 381 g/mol. The van der Waals surface area contributed by atoms with Gasteiger partial charge in [0.25, 0.3) is 0 Å². The Bertz CT molecular complexity index is 1010. The standard InChI is InChI=1S/C25H28FNO3/c1-5-29-25(28)23-15-22(14-18(3)30-16-20-9-7-6-8-10-20)27(19(23)4)24-12-11-21(26)13-17(24)2/h6-13,15,18H,5,14,16H2,1-4H3/t18-/m0/s1. The van der Waals surface area contributed by atoms with E-state index < -0.39 is 0 Å². The first-order valence-corrected chi connectivity index (χ1v) is 10.2. The number of hydrogen-bond acceptors (Lipinski definition) is 3. The number of carbonyl (C=O) groups is 1. The van der Waals surface area contributed by atoms with Gasteiger partial charge in [-0.05, 0) is 63.1 Å². The quantitative estimate of drug-likeness (QED) is 0.458. The van der Waals surface area contributed by atoms with Crippen molar-refractivity contribution in [3.05, 3.63) is 88.5 Å². The number of nitrogens with zero attached hydrogens (tertiary/aromatic N) is 1. The summed E-state index contributed by atoms with van der Waals surface area (Å²) in [4.78, 5) is 12.5. The van der Waals surface area contributed by atoms with Crippen molar-refractivity contribution in [2.24, 2.45) is 0 Å². The molecule has 0 amide bonds. The van der Waals surface area contributed by atoms with E-state index in [1.807, 2.05) is 61.7 Å². The van der Waals surface area contributed by atoms with Crippen LogP contribution in [0.15, 0.2) is 54.6 Å². The van der Waals surface area contributed by atoms with Gasteiger partial charge in [-0.3, -0.25) is 0 Å². The number of aryl methyl sites for hydroxylation is 1. The van der Waals surface area contributed by atoms with E-state index in [0.717, 1.165) is 28.2 Å². The van der Waals surface area contributed by atoms with Crippen molar-refractivity contribution in [1.29, 1.82) is 0 Å². The van der Waals surface area contributed by atoms with Crippen molar-refractivity contribution >= 4 is 5.97 Å². The fourth-order valence-corrected chi connectivity index (χ4v) is 3.61. The largest absolute Gasteiger partial charge is 0.462 e. The van der Waals surface area contributed by atoms with E-state index in [4.69, 9.17) is 9.47 Å². The first-order valence-electron chi connectivity index (χ1n) is 10.2. The van der Waals surface area contributed by atoms with Gasteiger partial charge < -0.3 is 14.0 Å². The number of hydrogen-bond donors (Lipinski definition) is 0. The molecule has 0 aliphatic rings. The Morgan fingerprint density at radius 2 is 1.83 bits per heavy atom. The predicted octanol–water partition coefficient (Wildman–Crippen LogP) is 5.56. The molecule has 0 bridgehead atoms. The van der Waals surface area contributed by atoms with Crippen molar-refractivity contribution in [3.8, 4) is 5.69 Å². The first kappa shape index (κ1) is 21.8. The lowest BCUT2D eigenvalue weighted by Gasteiger charge is -2.18. The summed E-state index contributed by atoms with van der Waals surface area (Å²) in [6.45, 7) is 8.37. The van der Waals surface area contributed by atoms with E-state index in [-0.39, 0.29) is 17.9 Å². The number of benzene rings is 2. The number of aromatic nitrogens is 1. The number of ether oxygens (including phenoxy) is 2. The maximum absolute atomic E-state index is 13.7. The molecule has 0 fully saturated rings. The van der Waals surface area contributed by atoms with Crippen LogP contribution in [-0.2, 0) is 22.5 Å². The highest BCUT2D eigenvalue weighted by Crippen LogP contribution is 2.26. The lowest BCUT2D eigenvalue weighted by Crippen LogP contribution is -2.15. The molecule has 0 N–H and O–H groups in total. The summed E-state index contributed by atoms with van der Waals surface area (Å²) in [5, 5.41) is 0. The molecule has 2 aromatic carbocycles. The normalized spacial score (nSPS) is 12.0. The Hall–Kier alpha value is -2.92. The van der Waals surface area contributed by atoms with Crippen molar-refractivity contribution in [2.45, 2.75) is 46.8 Å². The van der Waals surface area contributed by atoms with Crippen molar-refractivity contribution in [3.63, 3.8) is 0 Å². The van der Waals surface area contributed by atoms with Crippen LogP contribution in [0.2, 0.25) is 0 Å². The molecule has 0 saturated heterocycles. The summed E-state index contributed by atoms with van der Waals surface area (Å²) in [6.07, 6.45) is 0.526. The second-order valence-corrected chi connectivity index (χ2v) is 7.43. The van der Waals surface area contributed by atoms with Crippen LogP contribution in [0.25, 0.3) is 5.69 Å². The van der Waals surface area contributed by atoms with Crippen molar-refractivity contribution in [2.75, 3.05) is 6.61 Å². The number of rotatable bonds is 8. The van der Waals surface area contributed by atoms with Gasteiger partial charge in [0.15, 0.2) is 0 Å². The van der Waals surface area contributed by atoms with Gasteiger partial charge in [-0.15, -0.1) is 0 Å². The molecule has 158 valence electrons. The van der Waals surface area contributed by atoms with Gasteiger partial charge in [-0.25, -0.2) is 9.18 Å². The van der Waals surface area contributed by atoms with Crippen LogP contribution < -0.4 is 0 Å². The molecule has 30 heavy (non-hydrogen) atoms. The van der Waals surface area contributed by atoms with E-state index in [1.165, 1.54) is 12.1 Å². The molecule has 0 saturated carbocycles. The predicted molar refractivity (Wildman–Crippen MR) is 116 cm³/mol. The molecule has 0 spiro atoms. The third kappa shape index (κ3) is 4.97. The zero-order valence-corrected chi connectivity index (χ0v) is 17.9. The van der Waals surface area contributed by atoms with E-state index in [0.29, 0.717) is 25.2 Å². The van der Waals surface area contributed by atoms with Gasteiger partial charge in [0.05, 0.1) is 24.9 Å². The highest BCUT2D eigenvalue weighted by atomic mass is 19.1. The Morgan fingerprint density at radius 3 is 2.50 bits per heavy atom. The van der Waals surface area contributed by atoms with E-state index in [9.17, 15) is 9.18 Å². The zero-order chi connectivity index (χ0) is 21.7. The average Bonchev–Trinajstić information content (AvgIpc) is 3.03. The van der Waals surface area contributed by atoms with Crippen LogP contribution >= 0.6 is 0 Å². The summed E-state index contributed by atoms with van der Waals surface area (Å²) >= 11 is 0. The van der Waals surface area contributed by atoms with Gasteiger partial charge in [-0.1, -0.05) is 30.3 Å². The third-order valence-corrected chi connectivity index (χ3v) is 5.09. The first-order chi connectivity index (χ1) is 14.4. The van der Waals surface area contributed by atoms with Gasteiger partial charge in [-0.2, -0.15) is 0 Å². The number of halogens is 1. The third-order valence-electron chi connectivity index (χ3n) is 5.09. The second kappa shape index (κ2) is 9.72. The fraction of sp³-hybridized carbons (Fsp3) is 0.320.